The largest absolute Gasteiger partial charge is 0.379 e. The highest BCUT2D eigenvalue weighted by Gasteiger charge is 2.58. The van der Waals surface area contributed by atoms with E-state index in [-0.39, 0.29) is 11.0 Å². The van der Waals surface area contributed by atoms with Crippen LogP contribution in [-0.2, 0) is 14.2 Å². The molecule has 1 aliphatic heterocycles. The van der Waals surface area contributed by atoms with Gasteiger partial charge >= 0.3 is 0 Å². The van der Waals surface area contributed by atoms with Crippen LogP contribution < -0.4 is 10.6 Å². The Morgan fingerprint density at radius 2 is 2.12 bits per heavy atom. The minimum Gasteiger partial charge on any atom is -0.379 e. The molecular weight excluding hydrogens is 306 g/mol. The molecule has 2 aliphatic rings. The number of rotatable bonds is 8. The van der Waals surface area contributed by atoms with Crippen molar-refractivity contribution in [3.05, 3.63) is 0 Å². The lowest BCUT2D eigenvalue weighted by atomic mass is 9.56. The Morgan fingerprint density at radius 1 is 1.33 bits per heavy atom. The smallest absolute Gasteiger partial charge is 0.191 e. The number of nitrogens with one attached hydrogen (secondary N) is 2. The van der Waals surface area contributed by atoms with Crippen molar-refractivity contribution in [3.8, 4) is 0 Å². The van der Waals surface area contributed by atoms with Gasteiger partial charge in [-0.3, -0.25) is 4.99 Å². The molecule has 2 N–H and O–H groups in total. The molecule has 0 aromatic carbocycles. The fourth-order valence-corrected chi connectivity index (χ4v) is 3.45. The van der Waals surface area contributed by atoms with Crippen LogP contribution in [0.4, 0.5) is 0 Å². The summed E-state index contributed by atoms with van der Waals surface area (Å²) in [5.74, 6) is 0.852. The van der Waals surface area contributed by atoms with Gasteiger partial charge in [0.25, 0.3) is 0 Å². The Labute approximate surface area is 146 Å². The molecule has 0 aromatic heterocycles. The summed E-state index contributed by atoms with van der Waals surface area (Å²) in [6.45, 7) is 9.86. The zero-order chi connectivity index (χ0) is 17.6. The molecule has 3 unspecified atom stereocenters. The van der Waals surface area contributed by atoms with Crippen molar-refractivity contribution in [2.75, 3.05) is 40.5 Å². The number of hydrogen-bond acceptors (Lipinski definition) is 4. The molecule has 6 nitrogen and oxygen atoms in total. The van der Waals surface area contributed by atoms with E-state index in [0.29, 0.717) is 12.1 Å². The summed E-state index contributed by atoms with van der Waals surface area (Å²) in [7, 11) is 3.60. The molecule has 2 fully saturated rings. The number of guanidine groups is 1. The number of aliphatic imine (C=N–C) groups is 1. The predicted octanol–water partition coefficient (Wildman–Crippen LogP) is 1.94. The summed E-state index contributed by atoms with van der Waals surface area (Å²) in [6.07, 6.45) is 4.55. The first-order chi connectivity index (χ1) is 11.4. The molecule has 0 amide bonds. The van der Waals surface area contributed by atoms with Gasteiger partial charge in [-0.05, 0) is 32.6 Å². The maximum atomic E-state index is 5.68. The van der Waals surface area contributed by atoms with Gasteiger partial charge < -0.3 is 24.8 Å². The molecule has 140 valence electrons. The van der Waals surface area contributed by atoms with Crippen molar-refractivity contribution in [1.82, 2.24) is 10.6 Å². The van der Waals surface area contributed by atoms with Crippen molar-refractivity contribution < 1.29 is 14.2 Å². The van der Waals surface area contributed by atoms with Crippen LogP contribution in [0.3, 0.4) is 0 Å². The molecule has 0 radical (unpaired) electrons. The molecule has 1 aliphatic carbocycles. The van der Waals surface area contributed by atoms with Gasteiger partial charge in [0.15, 0.2) is 5.96 Å². The van der Waals surface area contributed by atoms with Crippen molar-refractivity contribution in [1.29, 1.82) is 0 Å². The monoisotopic (exact) mass is 341 g/mol. The summed E-state index contributed by atoms with van der Waals surface area (Å²) in [6, 6.07) is 0.365. The van der Waals surface area contributed by atoms with Crippen LogP contribution in [0.1, 0.15) is 46.5 Å². The standard InChI is InChI=1S/C18H35N3O3/c1-17(2)15(12-18(17,3)22-5)21-16(19-4)20-9-7-10-23-13-14-8-6-11-24-14/h14-15H,6-13H2,1-5H3,(H2,19,20,21). The number of nitrogens with zero attached hydrogens (tertiary/aromatic N) is 1. The number of ether oxygens (including phenoxy) is 3. The van der Waals surface area contributed by atoms with E-state index in [9.17, 15) is 0 Å². The molecular formula is C18H35N3O3. The topological polar surface area (TPSA) is 64.1 Å². The Bertz CT molecular complexity index is 422. The molecule has 1 saturated heterocycles. The van der Waals surface area contributed by atoms with Crippen LogP contribution in [0.15, 0.2) is 4.99 Å². The molecule has 1 saturated carbocycles. The van der Waals surface area contributed by atoms with Crippen LogP contribution in [0.25, 0.3) is 0 Å². The second-order valence-electron chi connectivity index (χ2n) is 7.62. The lowest BCUT2D eigenvalue weighted by molar-refractivity contribution is -0.176. The van der Waals surface area contributed by atoms with Gasteiger partial charge in [-0.15, -0.1) is 0 Å². The third-order valence-corrected chi connectivity index (χ3v) is 5.90. The van der Waals surface area contributed by atoms with Crippen LogP contribution in [0, 0.1) is 5.41 Å². The van der Waals surface area contributed by atoms with Crippen molar-refractivity contribution in [3.63, 3.8) is 0 Å². The van der Waals surface area contributed by atoms with Gasteiger partial charge in [0.1, 0.15) is 0 Å². The van der Waals surface area contributed by atoms with Crippen LogP contribution in [0.2, 0.25) is 0 Å². The SMILES string of the molecule is CN=C(NCCCOCC1CCCO1)NC1CC(C)(OC)C1(C)C. The van der Waals surface area contributed by atoms with Crippen molar-refractivity contribution in [2.45, 2.75) is 64.2 Å². The predicted molar refractivity (Wildman–Crippen MR) is 96.5 cm³/mol. The van der Waals surface area contributed by atoms with Crippen molar-refractivity contribution in [2.24, 2.45) is 10.4 Å². The molecule has 0 spiro atoms. The molecule has 2 rings (SSSR count). The highest BCUT2D eigenvalue weighted by Crippen LogP contribution is 2.51. The summed E-state index contributed by atoms with van der Waals surface area (Å²) in [5.41, 5.74) is 0.00340. The second kappa shape index (κ2) is 8.50. The number of hydrogen-bond donors (Lipinski definition) is 2. The molecule has 0 bridgehead atoms. The van der Waals surface area contributed by atoms with Crippen LogP contribution in [-0.4, -0.2) is 64.2 Å². The lowest BCUT2D eigenvalue weighted by Crippen LogP contribution is -2.69. The van der Waals surface area contributed by atoms with Gasteiger partial charge in [-0.25, -0.2) is 0 Å². The second-order valence-corrected chi connectivity index (χ2v) is 7.62. The molecule has 1 heterocycles. The van der Waals surface area contributed by atoms with Gasteiger partial charge in [0.05, 0.1) is 18.3 Å². The molecule has 24 heavy (non-hydrogen) atoms. The third kappa shape index (κ3) is 4.41. The van der Waals surface area contributed by atoms with E-state index in [2.05, 4.69) is 36.4 Å². The summed E-state index contributed by atoms with van der Waals surface area (Å²) >= 11 is 0. The Hall–Kier alpha value is -0.850. The van der Waals surface area contributed by atoms with Crippen LogP contribution >= 0.6 is 0 Å². The van der Waals surface area contributed by atoms with Gasteiger partial charge in [0.2, 0.25) is 0 Å². The Kier molecular flexibility index (Phi) is 6.89. The Morgan fingerprint density at radius 3 is 2.71 bits per heavy atom. The first-order valence-electron chi connectivity index (χ1n) is 9.14. The van der Waals surface area contributed by atoms with E-state index in [1.54, 1.807) is 7.11 Å². The van der Waals surface area contributed by atoms with E-state index in [4.69, 9.17) is 14.2 Å². The van der Waals surface area contributed by atoms with Crippen LogP contribution in [0.5, 0.6) is 0 Å². The molecule has 6 heteroatoms. The van der Waals surface area contributed by atoms with Gasteiger partial charge in [0, 0.05) is 45.4 Å². The summed E-state index contributed by atoms with van der Waals surface area (Å²) < 4.78 is 16.9. The first kappa shape index (κ1) is 19.5. The first-order valence-corrected chi connectivity index (χ1v) is 9.14. The fraction of sp³-hybridized carbons (Fsp3) is 0.944. The van der Waals surface area contributed by atoms with Gasteiger partial charge in [-0.1, -0.05) is 13.8 Å². The minimum absolute atomic E-state index is 0.0698. The van der Waals surface area contributed by atoms with Gasteiger partial charge in [-0.2, -0.15) is 0 Å². The molecule has 3 atom stereocenters. The third-order valence-electron chi connectivity index (χ3n) is 5.90. The summed E-state index contributed by atoms with van der Waals surface area (Å²) in [5, 5.41) is 6.88. The van der Waals surface area contributed by atoms with Crippen molar-refractivity contribution >= 4 is 5.96 Å². The highest BCUT2D eigenvalue weighted by molar-refractivity contribution is 5.80. The van der Waals surface area contributed by atoms with E-state index in [1.807, 2.05) is 7.05 Å². The normalized spacial score (nSPS) is 32.5. The maximum absolute atomic E-state index is 5.68. The lowest BCUT2D eigenvalue weighted by Gasteiger charge is -2.59. The quantitative estimate of drug-likeness (QED) is 0.401. The Balaban J connectivity index is 1.59. The minimum atomic E-state index is -0.0698. The van der Waals surface area contributed by atoms with E-state index >= 15 is 0 Å². The summed E-state index contributed by atoms with van der Waals surface area (Å²) in [4.78, 5) is 4.32. The fourth-order valence-electron chi connectivity index (χ4n) is 3.45. The average molecular weight is 341 g/mol. The van der Waals surface area contributed by atoms with E-state index in [0.717, 1.165) is 58.0 Å². The average Bonchev–Trinajstić information content (AvgIpc) is 3.08. The highest BCUT2D eigenvalue weighted by atomic mass is 16.5. The number of methoxy groups -OCH3 is 1. The maximum Gasteiger partial charge on any atom is 0.191 e. The zero-order valence-electron chi connectivity index (χ0n) is 16.0. The zero-order valence-corrected chi connectivity index (χ0v) is 16.0. The molecule has 0 aromatic rings. The van der Waals surface area contributed by atoms with E-state index < -0.39 is 0 Å². The van der Waals surface area contributed by atoms with E-state index in [1.165, 1.54) is 0 Å².